The fraction of sp³-hybridized carbons (Fsp3) is 1.00. The summed E-state index contributed by atoms with van der Waals surface area (Å²) in [5.41, 5.74) is 0. The van der Waals surface area contributed by atoms with Gasteiger partial charge in [-0.1, -0.05) is 107 Å². The van der Waals surface area contributed by atoms with Crippen LogP contribution in [0.4, 0.5) is 13.2 Å². The summed E-state index contributed by atoms with van der Waals surface area (Å²) in [4.78, 5) is 0. The lowest BCUT2D eigenvalue weighted by atomic mass is 9.77. The van der Waals surface area contributed by atoms with E-state index in [0.29, 0.717) is 30.6 Å². The Kier molecular flexibility index (Phi) is 19.6. The maximum atomic E-state index is 12.6. The molecule has 246 valence electrons. The molecule has 4 aliphatic carbocycles. The molecule has 0 N–H and O–H groups in total. The smallest absolute Gasteiger partial charge is 0.248 e. The van der Waals surface area contributed by atoms with Gasteiger partial charge >= 0.3 is 0 Å². The quantitative estimate of drug-likeness (QED) is 0.300. The van der Waals surface area contributed by atoms with Crippen molar-refractivity contribution in [3.63, 3.8) is 0 Å². The van der Waals surface area contributed by atoms with Gasteiger partial charge in [0.1, 0.15) is 0 Å². The third-order valence-corrected chi connectivity index (χ3v) is 11.4. The van der Waals surface area contributed by atoms with Crippen molar-refractivity contribution in [1.29, 1.82) is 0 Å². The minimum absolute atomic E-state index is 0.0924. The molecule has 0 unspecified atom stereocenters. The van der Waals surface area contributed by atoms with Crippen molar-refractivity contribution in [3.05, 3.63) is 0 Å². The Bertz CT molecular complexity index is 593. The lowest BCUT2D eigenvalue weighted by Crippen LogP contribution is -2.26. The van der Waals surface area contributed by atoms with Crippen LogP contribution in [0, 0.1) is 59.2 Å². The van der Waals surface area contributed by atoms with Gasteiger partial charge in [0.25, 0.3) is 0 Å². The Morgan fingerprint density at radius 2 is 0.829 bits per heavy atom. The Balaban J connectivity index is 0.000000274. The first-order valence-electron chi connectivity index (χ1n) is 18.2. The van der Waals surface area contributed by atoms with Crippen molar-refractivity contribution < 1.29 is 13.2 Å². The number of alkyl halides is 3. The van der Waals surface area contributed by atoms with E-state index in [2.05, 4.69) is 62.3 Å². The zero-order valence-corrected chi connectivity index (χ0v) is 29.1. The Morgan fingerprint density at radius 1 is 0.488 bits per heavy atom. The van der Waals surface area contributed by atoms with Gasteiger partial charge in [0.2, 0.25) is 5.92 Å². The van der Waals surface area contributed by atoms with E-state index in [9.17, 15) is 13.2 Å². The van der Waals surface area contributed by atoms with Crippen LogP contribution < -0.4 is 0 Å². The van der Waals surface area contributed by atoms with Crippen LogP contribution in [0.15, 0.2) is 0 Å². The molecule has 4 saturated carbocycles. The predicted octanol–water partition coefficient (Wildman–Crippen LogP) is 13.6. The molecule has 4 aliphatic rings. The van der Waals surface area contributed by atoms with Crippen LogP contribution in [0.2, 0.25) is 0 Å². The molecule has 0 atom stereocenters. The van der Waals surface area contributed by atoms with Gasteiger partial charge in [-0.15, -0.1) is 0 Å². The van der Waals surface area contributed by atoms with Gasteiger partial charge < -0.3 is 0 Å². The van der Waals surface area contributed by atoms with Gasteiger partial charge in [0.15, 0.2) is 0 Å². The normalized spacial score (nSPS) is 29.3. The molecule has 0 aromatic rings. The second kappa shape index (κ2) is 20.7. The monoisotopic (exact) mass is 587 g/mol. The summed E-state index contributed by atoms with van der Waals surface area (Å²) in [7, 11) is 0. The molecule has 4 fully saturated rings. The van der Waals surface area contributed by atoms with Crippen LogP contribution in [0.5, 0.6) is 0 Å². The van der Waals surface area contributed by atoms with Crippen molar-refractivity contribution in [3.8, 4) is 0 Å². The van der Waals surface area contributed by atoms with E-state index in [4.69, 9.17) is 0 Å². The fourth-order valence-electron chi connectivity index (χ4n) is 7.49. The second-order valence-electron chi connectivity index (χ2n) is 16.0. The van der Waals surface area contributed by atoms with Gasteiger partial charge in [-0.3, -0.25) is 4.39 Å². The summed E-state index contributed by atoms with van der Waals surface area (Å²) in [6.45, 7) is 20.5. The minimum atomic E-state index is -2.36. The average Bonchev–Trinajstić information content (AvgIpc) is 2.94. The molecule has 0 heterocycles. The van der Waals surface area contributed by atoms with Crippen molar-refractivity contribution in [2.75, 3.05) is 6.67 Å². The first-order valence-corrected chi connectivity index (χ1v) is 18.2. The molecular formula is C38H73F3. The minimum Gasteiger partial charge on any atom is -0.251 e. The SMILES string of the molecule is CC(C)C1CCC(CF)CC1.CC(C)C1CCC(F)(F)CC1.CC(C)C1CCCCC1.CC1CCC(C(C)C)CC1. The van der Waals surface area contributed by atoms with E-state index in [1.54, 1.807) is 0 Å². The first-order chi connectivity index (χ1) is 19.3. The Labute approximate surface area is 256 Å². The van der Waals surface area contributed by atoms with Crippen molar-refractivity contribution in [2.45, 2.75) is 177 Å². The predicted molar refractivity (Wildman–Crippen MR) is 175 cm³/mol. The molecule has 0 amide bonds. The van der Waals surface area contributed by atoms with Crippen LogP contribution in [-0.4, -0.2) is 12.6 Å². The maximum absolute atomic E-state index is 12.6. The van der Waals surface area contributed by atoms with E-state index in [0.717, 1.165) is 54.3 Å². The Morgan fingerprint density at radius 3 is 1.17 bits per heavy atom. The molecule has 0 saturated heterocycles. The number of rotatable bonds is 5. The summed E-state index contributed by atoms with van der Waals surface area (Å²) < 4.78 is 37.5. The molecular weight excluding hydrogens is 513 g/mol. The fourth-order valence-corrected chi connectivity index (χ4v) is 7.49. The highest BCUT2D eigenvalue weighted by atomic mass is 19.3. The number of hydrogen-bond donors (Lipinski definition) is 0. The van der Waals surface area contributed by atoms with E-state index < -0.39 is 5.92 Å². The van der Waals surface area contributed by atoms with Crippen LogP contribution in [0.1, 0.15) is 171 Å². The van der Waals surface area contributed by atoms with Crippen molar-refractivity contribution in [1.82, 2.24) is 0 Å². The van der Waals surface area contributed by atoms with E-state index >= 15 is 0 Å². The summed E-state index contributed by atoms with van der Waals surface area (Å²) in [5.74, 6) is 5.78. The van der Waals surface area contributed by atoms with Crippen LogP contribution >= 0.6 is 0 Å². The number of halogens is 3. The average molecular weight is 587 g/mol. The van der Waals surface area contributed by atoms with E-state index in [-0.39, 0.29) is 19.5 Å². The third kappa shape index (κ3) is 17.0. The summed E-state index contributed by atoms with van der Waals surface area (Å²) in [5, 5.41) is 0. The molecule has 0 radical (unpaired) electrons. The van der Waals surface area contributed by atoms with Gasteiger partial charge in [0.05, 0.1) is 6.67 Å². The molecule has 0 bridgehead atoms. The molecule has 0 spiro atoms. The standard InChI is InChI=1S/C10H19F.C10H20.C9H16F2.C9H18/c1-8(2)10-5-3-9(7-11)4-6-10;1-8(2)10-6-4-9(3)5-7-10;1-7(2)8-3-5-9(10,11)6-4-8;1-8(2)9-6-4-3-5-7-9/h8-10H,3-7H2,1-2H3;8-10H,4-7H2,1-3H3;7-8H,3-6H2,1-2H3;8-9H,3-7H2,1-2H3. The second-order valence-corrected chi connectivity index (χ2v) is 16.0. The molecule has 41 heavy (non-hydrogen) atoms. The lowest BCUT2D eigenvalue weighted by molar-refractivity contribution is -0.0504. The third-order valence-electron chi connectivity index (χ3n) is 11.4. The van der Waals surface area contributed by atoms with Gasteiger partial charge in [-0.05, 0) is 111 Å². The number of hydrogen-bond acceptors (Lipinski definition) is 0. The van der Waals surface area contributed by atoms with E-state index in [1.165, 1.54) is 70.6 Å². The summed E-state index contributed by atoms with van der Waals surface area (Å²) in [6.07, 6.45) is 19.8. The van der Waals surface area contributed by atoms with Crippen LogP contribution in [-0.2, 0) is 0 Å². The topological polar surface area (TPSA) is 0 Å². The highest BCUT2D eigenvalue weighted by Gasteiger charge is 2.35. The van der Waals surface area contributed by atoms with Gasteiger partial charge in [-0.2, -0.15) is 0 Å². The summed E-state index contributed by atoms with van der Waals surface area (Å²) >= 11 is 0. The molecule has 0 aromatic carbocycles. The molecule has 4 rings (SSSR count). The molecule has 0 aliphatic heterocycles. The van der Waals surface area contributed by atoms with Crippen molar-refractivity contribution >= 4 is 0 Å². The highest BCUT2D eigenvalue weighted by Crippen LogP contribution is 2.39. The van der Waals surface area contributed by atoms with Crippen molar-refractivity contribution in [2.24, 2.45) is 59.2 Å². The van der Waals surface area contributed by atoms with Gasteiger partial charge in [-0.25, -0.2) is 8.78 Å². The maximum Gasteiger partial charge on any atom is 0.248 e. The van der Waals surface area contributed by atoms with Crippen LogP contribution in [0.3, 0.4) is 0 Å². The Hall–Kier alpha value is -0.210. The molecule has 3 heteroatoms. The van der Waals surface area contributed by atoms with E-state index in [1.807, 2.05) is 0 Å². The zero-order valence-electron chi connectivity index (χ0n) is 29.1. The molecule has 0 aromatic heterocycles. The zero-order chi connectivity index (χ0) is 31.0. The summed E-state index contributed by atoms with van der Waals surface area (Å²) in [6, 6.07) is 0. The first kappa shape index (κ1) is 38.8. The van der Waals surface area contributed by atoms with Crippen LogP contribution in [0.25, 0.3) is 0 Å². The molecule has 0 nitrogen and oxygen atoms in total. The lowest BCUT2D eigenvalue weighted by Gasteiger charge is -2.30. The largest absolute Gasteiger partial charge is 0.251 e. The highest BCUT2D eigenvalue weighted by molar-refractivity contribution is 4.79. The van der Waals surface area contributed by atoms with Gasteiger partial charge in [0, 0.05) is 12.8 Å².